The maximum atomic E-state index is 12.8. The van der Waals surface area contributed by atoms with E-state index in [1.807, 2.05) is 18.4 Å². The molecule has 0 aliphatic heterocycles. The molecular formula is C38H57ClN6O3. The number of anilines is 3. The smallest absolute Gasteiger partial charge is 0.339 e. The minimum atomic E-state index is -0.426. The van der Waals surface area contributed by atoms with Gasteiger partial charge in [-0.3, -0.25) is 0 Å². The van der Waals surface area contributed by atoms with Crippen LogP contribution in [0.25, 0.3) is 11.2 Å². The first-order valence-corrected chi connectivity index (χ1v) is 18.3. The molecule has 264 valence electrons. The number of aliphatic hydroxyl groups excluding tert-OH is 1. The van der Waals surface area contributed by atoms with Crippen LogP contribution in [-0.2, 0) is 4.74 Å². The van der Waals surface area contributed by atoms with Crippen LogP contribution in [0.5, 0.6) is 0 Å². The van der Waals surface area contributed by atoms with E-state index in [2.05, 4.69) is 65.7 Å². The van der Waals surface area contributed by atoms with Crippen LogP contribution in [0.15, 0.2) is 48.8 Å². The number of aliphatic hydroxyl groups is 1. The number of allylic oxidation sites excluding steroid dienone is 4. The number of carbonyl (C=O) groups excluding carboxylic acids is 1. The molecule has 3 rings (SSSR count). The van der Waals surface area contributed by atoms with Gasteiger partial charge in [-0.05, 0) is 76.5 Å². The summed E-state index contributed by atoms with van der Waals surface area (Å²) in [6, 6.07) is 5.05. The highest BCUT2D eigenvalue weighted by molar-refractivity contribution is 6.33. The molecule has 10 heteroatoms. The molecule has 0 bridgehead atoms. The van der Waals surface area contributed by atoms with Gasteiger partial charge in [0.05, 0.1) is 36.2 Å². The van der Waals surface area contributed by atoms with Crippen molar-refractivity contribution in [1.29, 1.82) is 0 Å². The van der Waals surface area contributed by atoms with Gasteiger partial charge in [-0.1, -0.05) is 95.2 Å². The van der Waals surface area contributed by atoms with Crippen molar-refractivity contribution in [3.63, 3.8) is 0 Å². The zero-order valence-electron chi connectivity index (χ0n) is 29.7. The Kier molecular flexibility index (Phi) is 17.5. The third kappa shape index (κ3) is 12.9. The third-order valence-corrected chi connectivity index (χ3v) is 8.64. The molecule has 2 aromatic heterocycles. The Morgan fingerprint density at radius 2 is 1.65 bits per heavy atom. The molecule has 0 spiro atoms. The van der Waals surface area contributed by atoms with Crippen LogP contribution >= 0.6 is 11.6 Å². The van der Waals surface area contributed by atoms with E-state index in [0.717, 1.165) is 32.1 Å². The van der Waals surface area contributed by atoms with Gasteiger partial charge >= 0.3 is 5.97 Å². The number of ether oxygens (including phenoxy) is 1. The quantitative estimate of drug-likeness (QED) is 0.0515. The van der Waals surface area contributed by atoms with E-state index in [1.165, 1.54) is 44.9 Å². The molecule has 0 amide bonds. The van der Waals surface area contributed by atoms with Gasteiger partial charge in [0.2, 0.25) is 5.95 Å². The lowest BCUT2D eigenvalue weighted by Crippen LogP contribution is -2.30. The van der Waals surface area contributed by atoms with Crippen LogP contribution < -0.4 is 10.6 Å². The second-order valence-electron chi connectivity index (χ2n) is 13.0. The van der Waals surface area contributed by atoms with Crippen LogP contribution in [0, 0.1) is 5.92 Å². The largest absolute Gasteiger partial charge is 0.462 e. The van der Waals surface area contributed by atoms with Crippen molar-refractivity contribution in [2.24, 2.45) is 5.92 Å². The highest BCUT2D eigenvalue weighted by atomic mass is 35.5. The Balaban J connectivity index is 1.43. The number of nitrogens with zero attached hydrogens (tertiary/aromatic N) is 4. The predicted octanol–water partition coefficient (Wildman–Crippen LogP) is 10.2. The van der Waals surface area contributed by atoms with E-state index in [1.54, 1.807) is 24.5 Å². The van der Waals surface area contributed by atoms with Crippen LogP contribution in [0.4, 0.5) is 17.5 Å². The second kappa shape index (κ2) is 21.5. The van der Waals surface area contributed by atoms with Gasteiger partial charge in [0.1, 0.15) is 0 Å². The standard InChI is InChI=1S/C38H57ClN6O3/c1-6-7-8-9-10-11-12-13-14-15-16-17-18-19-20-21-24-48-37(47)31-23-22-30(25-32(31)39)41-35-34-36(45(27-40-34)29(4)5)44-38(43-35)42-33(26-46)28(2)3/h10-11,13-14,22-23,25,27-29,33,46H,6-9,12,15-21,24,26H2,1-5H3,(H2,41,42,43,44)/t33-/m0/s1. The summed E-state index contributed by atoms with van der Waals surface area (Å²) >= 11 is 6.55. The average molecular weight is 681 g/mol. The lowest BCUT2D eigenvalue weighted by Gasteiger charge is -2.20. The van der Waals surface area contributed by atoms with E-state index in [9.17, 15) is 9.90 Å². The van der Waals surface area contributed by atoms with Gasteiger partial charge in [-0.15, -0.1) is 0 Å². The van der Waals surface area contributed by atoms with Gasteiger partial charge in [0.15, 0.2) is 17.0 Å². The maximum absolute atomic E-state index is 12.8. The number of imidazole rings is 1. The summed E-state index contributed by atoms with van der Waals surface area (Å²) in [4.78, 5) is 26.7. The Hall–Kier alpha value is -3.43. The van der Waals surface area contributed by atoms with Crippen LogP contribution in [0.3, 0.4) is 0 Å². The van der Waals surface area contributed by atoms with Crippen molar-refractivity contribution in [2.45, 2.75) is 124 Å². The summed E-state index contributed by atoms with van der Waals surface area (Å²) in [5.74, 6) is 0.623. The van der Waals surface area contributed by atoms with Crippen LogP contribution in [-0.4, -0.2) is 49.9 Å². The normalized spacial score (nSPS) is 12.6. The molecule has 2 heterocycles. The maximum Gasteiger partial charge on any atom is 0.339 e. The molecule has 9 nitrogen and oxygen atoms in total. The van der Waals surface area contributed by atoms with Crippen molar-refractivity contribution in [3.05, 3.63) is 59.4 Å². The van der Waals surface area contributed by atoms with E-state index in [4.69, 9.17) is 21.3 Å². The Labute approximate surface area is 292 Å². The molecule has 0 radical (unpaired) electrons. The number of fused-ring (bicyclic) bond motifs is 1. The van der Waals surface area contributed by atoms with Crippen LogP contribution in [0.2, 0.25) is 5.02 Å². The average Bonchev–Trinajstić information content (AvgIpc) is 3.49. The first-order valence-electron chi connectivity index (χ1n) is 17.9. The van der Waals surface area contributed by atoms with Crippen molar-refractivity contribution < 1.29 is 14.6 Å². The summed E-state index contributed by atoms with van der Waals surface area (Å²) in [5, 5.41) is 16.7. The third-order valence-electron chi connectivity index (χ3n) is 8.32. The molecule has 0 saturated carbocycles. The molecule has 3 N–H and O–H groups in total. The molecule has 0 aliphatic carbocycles. The SMILES string of the molecule is CCCCCC=CCC=CCCCCCCCCOC(=O)c1ccc(Nc2nc(N[C@@H](CO)C(C)C)nc3c2ncn3C(C)C)cc1Cl. The molecule has 0 unspecified atom stereocenters. The Morgan fingerprint density at radius 3 is 2.29 bits per heavy atom. The highest BCUT2D eigenvalue weighted by Gasteiger charge is 2.19. The van der Waals surface area contributed by atoms with E-state index in [-0.39, 0.29) is 24.6 Å². The Bertz CT molecular complexity index is 1450. The second-order valence-corrected chi connectivity index (χ2v) is 13.4. The lowest BCUT2D eigenvalue weighted by molar-refractivity contribution is 0.0498. The van der Waals surface area contributed by atoms with Gasteiger partial charge in [0, 0.05) is 11.7 Å². The number of rotatable bonds is 23. The van der Waals surface area contributed by atoms with E-state index < -0.39 is 5.97 Å². The number of halogens is 1. The highest BCUT2D eigenvalue weighted by Crippen LogP contribution is 2.29. The number of benzene rings is 1. The zero-order chi connectivity index (χ0) is 34.7. The summed E-state index contributed by atoms with van der Waals surface area (Å²) < 4.78 is 7.50. The molecular weight excluding hydrogens is 624 g/mol. The molecule has 0 saturated heterocycles. The minimum Gasteiger partial charge on any atom is -0.462 e. The van der Waals surface area contributed by atoms with Crippen LogP contribution in [0.1, 0.15) is 128 Å². The fourth-order valence-corrected chi connectivity index (χ4v) is 5.52. The topological polar surface area (TPSA) is 114 Å². The van der Waals surface area contributed by atoms with Gasteiger partial charge < -0.3 is 25.0 Å². The molecule has 1 atom stereocenters. The monoisotopic (exact) mass is 680 g/mol. The lowest BCUT2D eigenvalue weighted by atomic mass is 10.1. The van der Waals surface area contributed by atoms with E-state index >= 15 is 0 Å². The first kappa shape index (κ1) is 39.0. The zero-order valence-corrected chi connectivity index (χ0v) is 30.4. The minimum absolute atomic E-state index is 0.0473. The number of esters is 1. The molecule has 0 aliphatic rings. The van der Waals surface area contributed by atoms with E-state index in [0.29, 0.717) is 45.8 Å². The summed E-state index contributed by atoms with van der Waals surface area (Å²) in [6.45, 7) is 10.7. The fraction of sp³-hybridized carbons (Fsp3) is 0.579. The van der Waals surface area contributed by atoms with Gasteiger partial charge in [0.25, 0.3) is 0 Å². The van der Waals surface area contributed by atoms with Crippen molar-refractivity contribution in [3.8, 4) is 0 Å². The predicted molar refractivity (Wildman–Crippen MR) is 199 cm³/mol. The number of nitrogens with one attached hydrogen (secondary N) is 2. The number of aromatic nitrogens is 4. The van der Waals surface area contributed by atoms with Gasteiger partial charge in [-0.25, -0.2) is 9.78 Å². The molecule has 3 aromatic rings. The summed E-state index contributed by atoms with van der Waals surface area (Å²) in [6.07, 6.45) is 24.9. The fourth-order valence-electron chi connectivity index (χ4n) is 5.26. The Morgan fingerprint density at radius 1 is 0.958 bits per heavy atom. The van der Waals surface area contributed by atoms with Crippen molar-refractivity contribution in [1.82, 2.24) is 19.5 Å². The first-order chi connectivity index (χ1) is 23.2. The number of hydrogen-bond donors (Lipinski definition) is 3. The number of unbranched alkanes of at least 4 members (excludes halogenated alkanes) is 9. The van der Waals surface area contributed by atoms with Crippen molar-refractivity contribution >= 4 is 46.2 Å². The van der Waals surface area contributed by atoms with Gasteiger partial charge in [-0.2, -0.15) is 9.97 Å². The summed E-state index contributed by atoms with van der Waals surface area (Å²) in [7, 11) is 0. The molecule has 0 fully saturated rings. The molecule has 1 aromatic carbocycles. The number of hydrogen-bond acceptors (Lipinski definition) is 8. The summed E-state index contributed by atoms with van der Waals surface area (Å²) in [5.41, 5.74) is 2.24. The van der Waals surface area contributed by atoms with Crippen molar-refractivity contribution in [2.75, 3.05) is 23.8 Å². The molecule has 48 heavy (non-hydrogen) atoms. The number of carbonyl (C=O) groups is 1.